The molecule has 10 nitrogen and oxygen atoms in total. The molecule has 1 heterocycles. The lowest BCUT2D eigenvalue weighted by Crippen LogP contribution is -2.30. The molecule has 1 aliphatic heterocycles. The van der Waals surface area contributed by atoms with Crippen molar-refractivity contribution >= 4 is 28.7 Å². The number of nitrogens with two attached hydrogens (primary N) is 1. The van der Waals surface area contributed by atoms with Gasteiger partial charge in [-0.2, -0.15) is 0 Å². The summed E-state index contributed by atoms with van der Waals surface area (Å²) in [7, 11) is 5.22. The predicted octanol–water partition coefficient (Wildman–Crippen LogP) is 1.26. The van der Waals surface area contributed by atoms with Crippen LogP contribution in [0.1, 0.15) is 27.1 Å². The van der Waals surface area contributed by atoms with Gasteiger partial charge >= 0.3 is 5.97 Å². The zero-order valence-corrected chi connectivity index (χ0v) is 16.8. The maximum absolute atomic E-state index is 12.8. The van der Waals surface area contributed by atoms with Gasteiger partial charge in [0.05, 0.1) is 23.9 Å². The van der Waals surface area contributed by atoms with Crippen molar-refractivity contribution in [3.63, 3.8) is 0 Å². The number of hydrogen-bond donors (Lipinski definition) is 3. The third-order valence-electron chi connectivity index (χ3n) is 4.54. The fourth-order valence-corrected chi connectivity index (χ4v) is 3.06. The number of rotatable bonds is 7. The number of nitrogen functional groups attached to an aromatic ring is 1. The molecule has 3 rings (SSSR count). The molecule has 0 bridgehead atoms. The van der Waals surface area contributed by atoms with Crippen LogP contribution >= 0.6 is 0 Å². The van der Waals surface area contributed by atoms with Crippen molar-refractivity contribution in [3.8, 4) is 17.2 Å². The number of aromatic nitrogens is 1. The van der Waals surface area contributed by atoms with Gasteiger partial charge in [-0.3, -0.25) is 9.59 Å². The number of methoxy groups -OCH3 is 1. The third kappa shape index (κ3) is 3.90. The highest BCUT2D eigenvalue weighted by molar-refractivity contribution is 6.07. The molecule has 30 heavy (non-hydrogen) atoms. The van der Waals surface area contributed by atoms with E-state index in [1.165, 1.54) is 19.2 Å². The Labute approximate surface area is 171 Å². The minimum absolute atomic E-state index is 0.000428. The van der Waals surface area contributed by atoms with Crippen LogP contribution in [0, 0.1) is 0 Å². The molecule has 4 N–H and O–H groups in total. The first-order valence-electron chi connectivity index (χ1n) is 9.14. The summed E-state index contributed by atoms with van der Waals surface area (Å²) < 4.78 is 11.0. The predicted molar refractivity (Wildman–Crippen MR) is 110 cm³/mol. The highest BCUT2D eigenvalue weighted by atomic mass is 16.5. The Hall–Kier alpha value is -3.66. The number of nitrogens with one attached hydrogen (secondary N) is 1. The molecule has 158 valence electrons. The van der Waals surface area contributed by atoms with Crippen LogP contribution < -0.4 is 21.2 Å². The molecule has 0 radical (unpaired) electrons. The Morgan fingerprint density at radius 1 is 1.33 bits per heavy atom. The van der Waals surface area contributed by atoms with Crippen LogP contribution in [0.3, 0.4) is 0 Å². The van der Waals surface area contributed by atoms with E-state index in [2.05, 4.69) is 10.3 Å². The standard InChI is InChI=1S/C20H22N4O6/c1-24(2)8-4-7-22-19(26)14-15(21)11(25)9-13-17(14)23-16-10(20(27)28)5-6-12(29-3)18(16)30-13/h5-6,9H,4,7-8,21H2,1-3H3,(H,22,26)(H,27,28). The maximum Gasteiger partial charge on any atom is 0.338 e. The smallest absolute Gasteiger partial charge is 0.338 e. The number of carboxylic acids is 1. The van der Waals surface area contributed by atoms with E-state index in [9.17, 15) is 19.5 Å². The van der Waals surface area contributed by atoms with Crippen molar-refractivity contribution in [3.05, 3.63) is 39.5 Å². The number of carbonyl (C=O) groups is 2. The van der Waals surface area contributed by atoms with Crippen LogP contribution in [0.2, 0.25) is 0 Å². The quantitative estimate of drug-likeness (QED) is 0.295. The number of benzene rings is 2. The van der Waals surface area contributed by atoms with Crippen molar-refractivity contribution in [2.75, 3.05) is 40.0 Å². The van der Waals surface area contributed by atoms with Gasteiger partial charge in [-0.15, -0.1) is 0 Å². The monoisotopic (exact) mass is 414 g/mol. The number of carbonyl (C=O) groups excluding carboxylic acids is 1. The molecule has 1 aromatic carbocycles. The summed E-state index contributed by atoms with van der Waals surface area (Å²) in [4.78, 5) is 43.1. The molecule has 1 aliphatic carbocycles. The Balaban J connectivity index is 2.19. The van der Waals surface area contributed by atoms with E-state index >= 15 is 0 Å². The summed E-state index contributed by atoms with van der Waals surface area (Å²) in [6.45, 7) is 1.12. The number of aromatic carboxylic acids is 1. The molecule has 0 saturated heterocycles. The topological polar surface area (TPSA) is 148 Å². The minimum Gasteiger partial charge on any atom is -0.493 e. The van der Waals surface area contributed by atoms with E-state index < -0.39 is 17.3 Å². The van der Waals surface area contributed by atoms with E-state index in [1.807, 2.05) is 19.0 Å². The average Bonchev–Trinajstić information content (AvgIpc) is 2.69. The first-order chi connectivity index (χ1) is 14.2. The van der Waals surface area contributed by atoms with Gasteiger partial charge in [-0.05, 0) is 39.2 Å². The zero-order valence-electron chi connectivity index (χ0n) is 16.8. The second kappa shape index (κ2) is 8.37. The lowest BCUT2D eigenvalue weighted by molar-refractivity contribution is 0.0698. The van der Waals surface area contributed by atoms with Gasteiger partial charge in [-0.1, -0.05) is 0 Å². The lowest BCUT2D eigenvalue weighted by Gasteiger charge is -2.15. The summed E-state index contributed by atoms with van der Waals surface area (Å²) in [5, 5.41) is 12.2. The number of nitrogens with zero attached hydrogens (tertiary/aromatic N) is 2. The number of anilines is 1. The SMILES string of the molecule is COc1ccc(C(=O)O)c2nc3c(C(=O)NCCCN(C)C)c(N)c(=O)cc-3oc12. The number of carboxylic acid groups (broad SMARTS) is 1. The van der Waals surface area contributed by atoms with Crippen LogP contribution in [0.4, 0.5) is 5.69 Å². The van der Waals surface area contributed by atoms with Crippen molar-refractivity contribution in [2.45, 2.75) is 6.42 Å². The average molecular weight is 414 g/mol. The van der Waals surface area contributed by atoms with Crippen LogP contribution in [0.5, 0.6) is 5.75 Å². The van der Waals surface area contributed by atoms with E-state index in [0.29, 0.717) is 13.0 Å². The van der Waals surface area contributed by atoms with Crippen LogP contribution in [-0.4, -0.2) is 61.2 Å². The van der Waals surface area contributed by atoms with Crippen LogP contribution in [0.15, 0.2) is 27.4 Å². The highest BCUT2D eigenvalue weighted by Gasteiger charge is 2.26. The molecule has 0 saturated carbocycles. The number of hydrogen-bond acceptors (Lipinski definition) is 8. The normalized spacial score (nSPS) is 11.2. The highest BCUT2D eigenvalue weighted by Crippen LogP contribution is 2.35. The molecule has 0 spiro atoms. The summed E-state index contributed by atoms with van der Waals surface area (Å²) in [5.74, 6) is -1.58. The second-order valence-electron chi connectivity index (χ2n) is 6.93. The maximum atomic E-state index is 12.8. The van der Waals surface area contributed by atoms with Crippen molar-refractivity contribution < 1.29 is 23.8 Å². The number of amides is 1. The minimum atomic E-state index is -1.23. The first kappa shape index (κ1) is 21.1. The lowest BCUT2D eigenvalue weighted by atomic mass is 10.0. The molecule has 2 aliphatic rings. The van der Waals surface area contributed by atoms with Crippen LogP contribution in [0.25, 0.3) is 22.6 Å². The summed E-state index contributed by atoms with van der Waals surface area (Å²) >= 11 is 0. The molecule has 1 aromatic rings. The Morgan fingerprint density at radius 3 is 2.70 bits per heavy atom. The number of fused-ring (bicyclic) bond motifs is 2. The third-order valence-corrected chi connectivity index (χ3v) is 4.54. The van der Waals surface area contributed by atoms with E-state index in [0.717, 1.165) is 12.6 Å². The molecular weight excluding hydrogens is 392 g/mol. The van der Waals surface area contributed by atoms with Gasteiger partial charge in [-0.25, -0.2) is 9.78 Å². The van der Waals surface area contributed by atoms with E-state index in [1.54, 1.807) is 0 Å². The molecule has 0 fully saturated rings. The van der Waals surface area contributed by atoms with Gasteiger partial charge < -0.3 is 30.2 Å². The van der Waals surface area contributed by atoms with Crippen molar-refractivity contribution in [1.29, 1.82) is 0 Å². The Bertz CT molecular complexity index is 1150. The van der Waals surface area contributed by atoms with Gasteiger partial charge in [0, 0.05) is 12.6 Å². The van der Waals surface area contributed by atoms with Crippen molar-refractivity contribution in [2.24, 2.45) is 0 Å². The first-order valence-corrected chi connectivity index (χ1v) is 9.14. The fourth-order valence-electron chi connectivity index (χ4n) is 3.06. The molecule has 0 unspecified atom stereocenters. The molecule has 0 aromatic heterocycles. The second-order valence-corrected chi connectivity index (χ2v) is 6.93. The number of ether oxygens (including phenoxy) is 1. The molecule has 10 heteroatoms. The van der Waals surface area contributed by atoms with Gasteiger partial charge in [0.1, 0.15) is 11.2 Å². The fraction of sp³-hybridized carbons (Fsp3) is 0.300. The summed E-state index contributed by atoms with van der Waals surface area (Å²) in [5.41, 5.74) is 4.76. The zero-order chi connectivity index (χ0) is 22.0. The Morgan fingerprint density at radius 2 is 2.07 bits per heavy atom. The Kier molecular flexibility index (Phi) is 5.88. The molecule has 1 amide bonds. The van der Waals surface area contributed by atoms with Gasteiger partial charge in [0.25, 0.3) is 5.91 Å². The molecule has 0 atom stereocenters. The van der Waals surface area contributed by atoms with E-state index in [4.69, 9.17) is 14.9 Å². The molecular formula is C20H22N4O6. The van der Waals surface area contributed by atoms with Gasteiger partial charge in [0.2, 0.25) is 5.43 Å². The van der Waals surface area contributed by atoms with Crippen LogP contribution in [-0.2, 0) is 0 Å². The van der Waals surface area contributed by atoms with Gasteiger partial charge in [0.15, 0.2) is 17.1 Å². The largest absolute Gasteiger partial charge is 0.493 e. The van der Waals surface area contributed by atoms with E-state index in [-0.39, 0.29) is 45.1 Å². The van der Waals surface area contributed by atoms with Crippen molar-refractivity contribution in [1.82, 2.24) is 15.2 Å². The summed E-state index contributed by atoms with van der Waals surface area (Å²) in [6.07, 6.45) is 0.689. The summed E-state index contributed by atoms with van der Waals surface area (Å²) in [6, 6.07) is 3.87.